The first-order valence-electron chi connectivity index (χ1n) is 9.30. The van der Waals surface area contributed by atoms with Crippen LogP contribution in [0.15, 0.2) is 54.6 Å². The number of anilines is 3. The highest BCUT2D eigenvalue weighted by molar-refractivity contribution is 5.68. The Bertz CT molecular complexity index is 912. The fourth-order valence-corrected chi connectivity index (χ4v) is 2.80. The molecule has 0 fully saturated rings. The van der Waals surface area contributed by atoms with Crippen LogP contribution in [0.1, 0.15) is 5.56 Å². The van der Waals surface area contributed by atoms with E-state index >= 15 is 0 Å². The van der Waals surface area contributed by atoms with E-state index in [4.69, 9.17) is 9.72 Å². The Kier molecular flexibility index (Phi) is 6.45. The Balaban J connectivity index is 1.94. The molecule has 0 radical (unpaired) electrons. The number of likely N-dealkylation sites (N-methyl/N-ethyl adjacent to an activating group) is 1. The zero-order valence-electron chi connectivity index (χ0n) is 16.9. The summed E-state index contributed by atoms with van der Waals surface area (Å²) in [6.45, 7) is 3.75. The molecule has 6 heteroatoms. The van der Waals surface area contributed by atoms with Crippen LogP contribution in [0, 0.1) is 6.92 Å². The second kappa shape index (κ2) is 9.19. The van der Waals surface area contributed by atoms with E-state index in [1.165, 1.54) is 0 Å². The summed E-state index contributed by atoms with van der Waals surface area (Å²) < 4.78 is 5.47. The molecule has 3 rings (SSSR count). The number of hydrogen-bond acceptors (Lipinski definition) is 6. The summed E-state index contributed by atoms with van der Waals surface area (Å²) >= 11 is 0. The number of ether oxygens (including phenoxy) is 1. The normalized spacial score (nSPS) is 10.8. The van der Waals surface area contributed by atoms with Gasteiger partial charge in [-0.25, -0.2) is 4.98 Å². The van der Waals surface area contributed by atoms with Crippen LogP contribution in [-0.2, 0) is 0 Å². The number of hydrogen-bond donors (Lipinski definition) is 2. The molecule has 0 aliphatic rings. The first-order valence-corrected chi connectivity index (χ1v) is 9.30. The Labute approximate surface area is 166 Å². The minimum Gasteiger partial charge on any atom is -0.495 e. The highest BCUT2D eigenvalue weighted by Gasteiger charge is 2.10. The smallest absolute Gasteiger partial charge is 0.229 e. The Hall–Kier alpha value is -3.12. The van der Waals surface area contributed by atoms with Crippen LogP contribution in [0.3, 0.4) is 0 Å². The molecule has 0 spiro atoms. The maximum atomic E-state index is 5.47. The highest BCUT2D eigenvalue weighted by Crippen LogP contribution is 2.29. The van der Waals surface area contributed by atoms with Crippen molar-refractivity contribution in [3.63, 3.8) is 0 Å². The van der Waals surface area contributed by atoms with Gasteiger partial charge in [0.05, 0.1) is 18.5 Å². The minimum atomic E-state index is 0.526. The van der Waals surface area contributed by atoms with Gasteiger partial charge in [0.25, 0.3) is 0 Å². The average molecular weight is 377 g/mol. The van der Waals surface area contributed by atoms with E-state index in [0.717, 1.165) is 47.2 Å². The van der Waals surface area contributed by atoms with Gasteiger partial charge in [0.2, 0.25) is 5.95 Å². The summed E-state index contributed by atoms with van der Waals surface area (Å²) in [6, 6.07) is 18.1. The van der Waals surface area contributed by atoms with Gasteiger partial charge in [-0.2, -0.15) is 4.98 Å². The van der Waals surface area contributed by atoms with Crippen molar-refractivity contribution in [2.24, 2.45) is 0 Å². The van der Waals surface area contributed by atoms with Crippen molar-refractivity contribution in [2.75, 3.05) is 44.9 Å². The number of aryl methyl sites for hydroxylation is 1. The van der Waals surface area contributed by atoms with E-state index in [1.807, 2.05) is 75.6 Å². The van der Waals surface area contributed by atoms with Crippen molar-refractivity contribution >= 4 is 17.5 Å². The molecule has 146 valence electrons. The molecule has 2 aromatic carbocycles. The van der Waals surface area contributed by atoms with Gasteiger partial charge in [-0.3, -0.25) is 0 Å². The van der Waals surface area contributed by atoms with Crippen LogP contribution in [0.5, 0.6) is 5.75 Å². The van der Waals surface area contributed by atoms with Gasteiger partial charge in [-0.15, -0.1) is 0 Å². The summed E-state index contributed by atoms with van der Waals surface area (Å²) in [5.41, 5.74) is 3.87. The zero-order valence-corrected chi connectivity index (χ0v) is 16.9. The van der Waals surface area contributed by atoms with E-state index in [2.05, 4.69) is 20.5 Å². The van der Waals surface area contributed by atoms with Crippen molar-refractivity contribution in [3.8, 4) is 17.0 Å². The van der Waals surface area contributed by atoms with Crippen molar-refractivity contribution in [3.05, 3.63) is 60.2 Å². The predicted octanol–water partition coefficient (Wildman–Crippen LogP) is 4.18. The molecule has 6 nitrogen and oxygen atoms in total. The molecule has 0 amide bonds. The Morgan fingerprint density at radius 1 is 1.00 bits per heavy atom. The Morgan fingerprint density at radius 2 is 1.79 bits per heavy atom. The first kappa shape index (κ1) is 19.6. The third kappa shape index (κ3) is 5.20. The number of nitrogens with zero attached hydrogens (tertiary/aromatic N) is 3. The molecule has 1 aromatic heterocycles. The third-order valence-electron chi connectivity index (χ3n) is 4.26. The van der Waals surface area contributed by atoms with Crippen LogP contribution >= 0.6 is 0 Å². The van der Waals surface area contributed by atoms with Crippen molar-refractivity contribution in [2.45, 2.75) is 6.92 Å². The van der Waals surface area contributed by atoms with Crippen LogP contribution in [0.2, 0.25) is 0 Å². The van der Waals surface area contributed by atoms with Crippen molar-refractivity contribution < 1.29 is 4.74 Å². The maximum absolute atomic E-state index is 5.47. The van der Waals surface area contributed by atoms with Crippen LogP contribution < -0.4 is 15.4 Å². The maximum Gasteiger partial charge on any atom is 0.229 e. The van der Waals surface area contributed by atoms with Gasteiger partial charge < -0.3 is 20.3 Å². The zero-order chi connectivity index (χ0) is 19.9. The predicted molar refractivity (Wildman–Crippen MR) is 116 cm³/mol. The summed E-state index contributed by atoms with van der Waals surface area (Å²) in [4.78, 5) is 11.5. The van der Waals surface area contributed by atoms with Gasteiger partial charge in [0, 0.05) is 24.7 Å². The summed E-state index contributed by atoms with van der Waals surface area (Å²) in [5.74, 6) is 2.06. The van der Waals surface area contributed by atoms with Crippen LogP contribution in [0.4, 0.5) is 17.5 Å². The van der Waals surface area contributed by atoms with E-state index < -0.39 is 0 Å². The SMILES string of the molecule is COc1ccc(C)cc1Nc1nc(NCCN(C)C)cc(-c2ccccc2)n1. The molecule has 2 N–H and O–H groups in total. The monoisotopic (exact) mass is 377 g/mol. The lowest BCUT2D eigenvalue weighted by Crippen LogP contribution is -2.21. The molecular weight excluding hydrogens is 350 g/mol. The lowest BCUT2D eigenvalue weighted by atomic mass is 10.1. The van der Waals surface area contributed by atoms with Crippen LogP contribution in [0.25, 0.3) is 11.3 Å². The average Bonchev–Trinajstić information content (AvgIpc) is 2.68. The van der Waals surface area contributed by atoms with Gasteiger partial charge in [0.15, 0.2) is 0 Å². The van der Waals surface area contributed by atoms with Gasteiger partial charge in [-0.05, 0) is 38.7 Å². The third-order valence-corrected chi connectivity index (χ3v) is 4.26. The lowest BCUT2D eigenvalue weighted by molar-refractivity contribution is 0.416. The number of nitrogens with one attached hydrogen (secondary N) is 2. The Morgan fingerprint density at radius 3 is 2.50 bits per heavy atom. The summed E-state index contributed by atoms with van der Waals surface area (Å²) in [6.07, 6.45) is 0. The number of rotatable bonds is 8. The second-order valence-electron chi connectivity index (χ2n) is 6.89. The highest BCUT2D eigenvalue weighted by atomic mass is 16.5. The molecule has 28 heavy (non-hydrogen) atoms. The quantitative estimate of drug-likeness (QED) is 0.614. The topological polar surface area (TPSA) is 62.3 Å². The molecule has 1 heterocycles. The molecule has 0 aliphatic carbocycles. The molecule has 3 aromatic rings. The van der Waals surface area contributed by atoms with Gasteiger partial charge >= 0.3 is 0 Å². The molecule has 0 saturated carbocycles. The van der Waals surface area contributed by atoms with Crippen molar-refractivity contribution in [1.82, 2.24) is 14.9 Å². The minimum absolute atomic E-state index is 0.526. The van der Waals surface area contributed by atoms with E-state index in [-0.39, 0.29) is 0 Å². The lowest BCUT2D eigenvalue weighted by Gasteiger charge is -2.15. The molecule has 0 unspecified atom stereocenters. The summed E-state index contributed by atoms with van der Waals surface area (Å²) in [5, 5.41) is 6.70. The number of aromatic nitrogens is 2. The standard InChI is InChI=1S/C22H27N5O/c1-16-10-11-20(28-4)19(14-16)25-22-24-18(17-8-6-5-7-9-17)15-21(26-22)23-12-13-27(2)3/h5-11,14-15H,12-13H2,1-4H3,(H2,23,24,25,26). The van der Waals surface area contributed by atoms with Gasteiger partial charge in [-0.1, -0.05) is 36.4 Å². The fraction of sp³-hybridized carbons (Fsp3) is 0.273. The number of methoxy groups -OCH3 is 1. The van der Waals surface area contributed by atoms with Gasteiger partial charge in [0.1, 0.15) is 11.6 Å². The molecule has 0 aliphatic heterocycles. The summed E-state index contributed by atoms with van der Waals surface area (Å²) in [7, 11) is 5.76. The molecular formula is C22H27N5O. The van der Waals surface area contributed by atoms with Crippen molar-refractivity contribution in [1.29, 1.82) is 0 Å². The van der Waals surface area contributed by atoms with E-state index in [0.29, 0.717) is 5.95 Å². The number of benzene rings is 2. The second-order valence-corrected chi connectivity index (χ2v) is 6.89. The van der Waals surface area contributed by atoms with E-state index in [1.54, 1.807) is 7.11 Å². The fourth-order valence-electron chi connectivity index (χ4n) is 2.80. The van der Waals surface area contributed by atoms with E-state index in [9.17, 15) is 0 Å². The molecule has 0 bridgehead atoms. The van der Waals surface area contributed by atoms with Crippen LogP contribution in [-0.4, -0.2) is 49.2 Å². The largest absolute Gasteiger partial charge is 0.495 e. The molecule has 0 atom stereocenters. The first-order chi connectivity index (χ1) is 13.5. The molecule has 0 saturated heterocycles.